The van der Waals surface area contributed by atoms with Gasteiger partial charge in [0.25, 0.3) is 0 Å². The Hall–Kier alpha value is -2.64. The molecule has 136 valence electrons. The monoisotopic (exact) mass is 353 g/mol. The molecular formula is C26H27N. The third-order valence-corrected chi connectivity index (χ3v) is 5.76. The van der Waals surface area contributed by atoms with Gasteiger partial charge in [-0.2, -0.15) is 0 Å². The van der Waals surface area contributed by atoms with Crippen molar-refractivity contribution in [1.29, 1.82) is 0 Å². The van der Waals surface area contributed by atoms with Gasteiger partial charge in [0.1, 0.15) is 0 Å². The summed E-state index contributed by atoms with van der Waals surface area (Å²) in [4.78, 5) is 2.64. The van der Waals surface area contributed by atoms with E-state index >= 15 is 0 Å². The summed E-state index contributed by atoms with van der Waals surface area (Å²) < 4.78 is 0. The average molecular weight is 354 g/mol. The molecule has 1 saturated heterocycles. The van der Waals surface area contributed by atoms with Crippen LogP contribution < -0.4 is 0 Å². The topological polar surface area (TPSA) is 3.24 Å². The number of benzene rings is 3. The molecule has 3 atom stereocenters. The number of hydrogen-bond acceptors (Lipinski definition) is 1. The molecule has 1 aliphatic heterocycles. The fourth-order valence-electron chi connectivity index (χ4n) is 4.60. The van der Waals surface area contributed by atoms with Crippen molar-refractivity contribution in [3.05, 3.63) is 120 Å². The van der Waals surface area contributed by atoms with Gasteiger partial charge in [-0.3, -0.25) is 4.90 Å². The number of nitrogens with zero attached hydrogens (tertiary/aromatic N) is 1. The largest absolute Gasteiger partial charge is 0.291 e. The van der Waals surface area contributed by atoms with Gasteiger partial charge in [-0.05, 0) is 23.6 Å². The van der Waals surface area contributed by atoms with Crippen LogP contribution in [0.5, 0.6) is 0 Å². The van der Waals surface area contributed by atoms with Crippen LogP contribution in [0.2, 0.25) is 0 Å². The van der Waals surface area contributed by atoms with Gasteiger partial charge in [-0.15, -0.1) is 0 Å². The van der Waals surface area contributed by atoms with Crippen molar-refractivity contribution in [3.63, 3.8) is 0 Å². The SMILES string of the molecule is C=C(C)[C@@H]1C(c2ccccc2)N(Cc2ccccc2)C[C@H]1c1ccccc1. The van der Waals surface area contributed by atoms with Crippen LogP contribution in [0.15, 0.2) is 103 Å². The lowest BCUT2D eigenvalue weighted by Gasteiger charge is -2.30. The second-order valence-electron chi connectivity index (χ2n) is 7.66. The van der Waals surface area contributed by atoms with Crippen LogP contribution in [0.25, 0.3) is 0 Å². The molecule has 27 heavy (non-hydrogen) atoms. The summed E-state index contributed by atoms with van der Waals surface area (Å²) in [6, 6.07) is 33.1. The minimum absolute atomic E-state index is 0.356. The molecule has 0 bridgehead atoms. The smallest absolute Gasteiger partial charge is 0.0423 e. The summed E-state index contributed by atoms with van der Waals surface area (Å²) in [6.45, 7) is 8.62. The van der Waals surface area contributed by atoms with Crippen molar-refractivity contribution in [2.75, 3.05) is 6.54 Å². The second kappa shape index (κ2) is 7.94. The molecule has 0 amide bonds. The highest BCUT2D eigenvalue weighted by atomic mass is 15.2. The van der Waals surface area contributed by atoms with Crippen molar-refractivity contribution in [2.24, 2.45) is 5.92 Å². The van der Waals surface area contributed by atoms with E-state index in [2.05, 4.69) is 109 Å². The molecule has 0 spiro atoms. The van der Waals surface area contributed by atoms with Gasteiger partial charge in [-0.25, -0.2) is 0 Å². The standard InChI is InChI=1S/C26H27N/c1-20(2)25-24(22-14-8-4-9-15-22)19-27(18-21-12-6-3-7-13-21)26(25)23-16-10-5-11-17-23/h3-17,24-26H,1,18-19H2,2H3/t24-,25-,26?/m0/s1. The molecule has 1 unspecified atom stereocenters. The van der Waals surface area contributed by atoms with E-state index in [-0.39, 0.29) is 0 Å². The van der Waals surface area contributed by atoms with Gasteiger partial charge in [0.05, 0.1) is 0 Å². The van der Waals surface area contributed by atoms with Gasteiger partial charge >= 0.3 is 0 Å². The molecule has 4 rings (SSSR count). The molecule has 0 aliphatic carbocycles. The molecule has 1 fully saturated rings. The van der Waals surface area contributed by atoms with Crippen LogP contribution in [0, 0.1) is 5.92 Å². The maximum Gasteiger partial charge on any atom is 0.0423 e. The van der Waals surface area contributed by atoms with Crippen LogP contribution in [-0.4, -0.2) is 11.4 Å². The van der Waals surface area contributed by atoms with E-state index < -0.39 is 0 Å². The highest BCUT2D eigenvalue weighted by Crippen LogP contribution is 2.49. The van der Waals surface area contributed by atoms with E-state index in [9.17, 15) is 0 Å². The van der Waals surface area contributed by atoms with Crippen molar-refractivity contribution in [3.8, 4) is 0 Å². The summed E-state index contributed by atoms with van der Waals surface area (Å²) >= 11 is 0. The van der Waals surface area contributed by atoms with Crippen LogP contribution >= 0.6 is 0 Å². The van der Waals surface area contributed by atoms with Gasteiger partial charge in [0.2, 0.25) is 0 Å². The normalized spacial score (nSPS) is 22.6. The Labute approximate surface area is 163 Å². The summed E-state index contributed by atoms with van der Waals surface area (Å²) in [7, 11) is 0. The molecule has 3 aromatic carbocycles. The summed E-state index contributed by atoms with van der Waals surface area (Å²) in [5.41, 5.74) is 5.45. The maximum atomic E-state index is 4.40. The van der Waals surface area contributed by atoms with Crippen LogP contribution in [0.3, 0.4) is 0 Å². The minimum Gasteiger partial charge on any atom is -0.291 e. The number of hydrogen-bond donors (Lipinski definition) is 0. The van der Waals surface area contributed by atoms with Gasteiger partial charge in [0.15, 0.2) is 0 Å². The van der Waals surface area contributed by atoms with Crippen molar-refractivity contribution in [1.82, 2.24) is 4.90 Å². The molecule has 1 heterocycles. The van der Waals surface area contributed by atoms with E-state index in [1.807, 2.05) is 0 Å². The fourth-order valence-corrected chi connectivity index (χ4v) is 4.60. The second-order valence-corrected chi connectivity index (χ2v) is 7.66. The highest BCUT2D eigenvalue weighted by molar-refractivity contribution is 5.33. The minimum atomic E-state index is 0.356. The quantitative estimate of drug-likeness (QED) is 0.492. The maximum absolute atomic E-state index is 4.40. The third-order valence-electron chi connectivity index (χ3n) is 5.76. The Morgan fingerprint density at radius 1 is 0.815 bits per heavy atom. The lowest BCUT2D eigenvalue weighted by Crippen LogP contribution is -2.25. The van der Waals surface area contributed by atoms with E-state index in [1.54, 1.807) is 0 Å². The average Bonchev–Trinajstić information content (AvgIpc) is 3.09. The van der Waals surface area contributed by atoms with E-state index in [0.29, 0.717) is 17.9 Å². The zero-order valence-corrected chi connectivity index (χ0v) is 16.0. The first-order valence-corrected chi connectivity index (χ1v) is 9.77. The molecule has 1 nitrogen and oxygen atoms in total. The van der Waals surface area contributed by atoms with E-state index in [4.69, 9.17) is 0 Å². The third kappa shape index (κ3) is 3.74. The van der Waals surface area contributed by atoms with Gasteiger partial charge < -0.3 is 0 Å². The van der Waals surface area contributed by atoms with Crippen molar-refractivity contribution in [2.45, 2.75) is 25.4 Å². The lowest BCUT2D eigenvalue weighted by atomic mass is 9.79. The predicted molar refractivity (Wildman–Crippen MR) is 114 cm³/mol. The Morgan fingerprint density at radius 3 is 1.89 bits per heavy atom. The van der Waals surface area contributed by atoms with Crippen LogP contribution in [0.4, 0.5) is 0 Å². The Morgan fingerprint density at radius 2 is 1.33 bits per heavy atom. The molecule has 0 aromatic heterocycles. The fraction of sp³-hybridized carbons (Fsp3) is 0.231. The summed E-state index contributed by atoms with van der Waals surface area (Å²) in [6.07, 6.45) is 0. The first-order valence-electron chi connectivity index (χ1n) is 9.77. The molecule has 3 aromatic rings. The zero-order chi connectivity index (χ0) is 18.6. The summed E-state index contributed by atoms with van der Waals surface area (Å²) in [5.74, 6) is 0.885. The number of likely N-dealkylation sites (tertiary alicyclic amines) is 1. The predicted octanol–water partition coefficient (Wildman–Crippen LogP) is 6.22. The lowest BCUT2D eigenvalue weighted by molar-refractivity contribution is 0.230. The Bertz CT molecular complexity index is 870. The van der Waals surface area contributed by atoms with Crippen molar-refractivity contribution >= 4 is 0 Å². The van der Waals surface area contributed by atoms with Crippen LogP contribution in [0.1, 0.15) is 35.6 Å². The highest BCUT2D eigenvalue weighted by Gasteiger charge is 2.43. The number of rotatable bonds is 5. The molecular weight excluding hydrogens is 326 g/mol. The van der Waals surface area contributed by atoms with Gasteiger partial charge in [0, 0.05) is 31.0 Å². The van der Waals surface area contributed by atoms with Crippen molar-refractivity contribution < 1.29 is 0 Å². The van der Waals surface area contributed by atoms with Gasteiger partial charge in [-0.1, -0.05) is 103 Å². The zero-order valence-electron chi connectivity index (χ0n) is 16.0. The molecule has 1 aliphatic rings. The first-order chi connectivity index (χ1) is 13.2. The van der Waals surface area contributed by atoms with E-state index in [0.717, 1.165) is 13.1 Å². The Kier molecular flexibility index (Phi) is 5.22. The molecule has 0 radical (unpaired) electrons. The molecule has 0 saturated carbocycles. The first kappa shape index (κ1) is 17.8. The van der Waals surface area contributed by atoms with E-state index in [1.165, 1.54) is 22.3 Å². The Balaban J connectivity index is 1.75. The van der Waals surface area contributed by atoms with Crippen LogP contribution in [-0.2, 0) is 6.54 Å². The summed E-state index contributed by atoms with van der Waals surface area (Å²) in [5, 5.41) is 0. The molecule has 1 heteroatoms. The molecule has 0 N–H and O–H groups in total.